The molecule has 0 aliphatic heterocycles. The largest absolute Gasteiger partial charge is 0.493 e. The highest BCUT2D eigenvalue weighted by Gasteiger charge is 2.26. The van der Waals surface area contributed by atoms with E-state index in [0.29, 0.717) is 0 Å². The number of anilines is 2. The maximum absolute atomic E-state index is 13.0. The molecule has 28 heavy (non-hydrogen) atoms. The van der Waals surface area contributed by atoms with Crippen LogP contribution >= 0.6 is 23.2 Å². The molecule has 10 heteroatoms. The summed E-state index contributed by atoms with van der Waals surface area (Å²) in [6, 6.07) is 7.64. The van der Waals surface area contributed by atoms with E-state index in [0.717, 1.165) is 10.6 Å². The second kappa shape index (κ2) is 8.89. The van der Waals surface area contributed by atoms with Gasteiger partial charge >= 0.3 is 0 Å². The van der Waals surface area contributed by atoms with Gasteiger partial charge in [-0.25, -0.2) is 8.42 Å². The van der Waals surface area contributed by atoms with E-state index in [9.17, 15) is 13.2 Å². The Bertz CT molecular complexity index is 975. The lowest BCUT2D eigenvalue weighted by atomic mass is 10.1. The van der Waals surface area contributed by atoms with Crippen LogP contribution in [0.25, 0.3) is 0 Å². The zero-order chi connectivity index (χ0) is 21.1. The summed E-state index contributed by atoms with van der Waals surface area (Å²) in [5.74, 6) is -0.0498. The highest BCUT2D eigenvalue weighted by molar-refractivity contribution is 7.92. The predicted molar refractivity (Wildman–Crippen MR) is 112 cm³/mol. The number of halogens is 2. The van der Waals surface area contributed by atoms with Gasteiger partial charge in [-0.15, -0.1) is 0 Å². The van der Waals surface area contributed by atoms with Gasteiger partial charge in [0, 0.05) is 12.6 Å². The number of nitrogens with zero attached hydrogens (tertiary/aromatic N) is 1. The molecule has 0 aromatic heterocycles. The van der Waals surface area contributed by atoms with Gasteiger partial charge in [0.15, 0.2) is 11.5 Å². The average Bonchev–Trinajstić information content (AvgIpc) is 2.63. The number of para-hydroxylation sites is 1. The number of benzene rings is 2. The Kier molecular flexibility index (Phi) is 7.03. The summed E-state index contributed by atoms with van der Waals surface area (Å²) in [5, 5.41) is 3.13. The Hall–Kier alpha value is -2.16. The SMILES string of the molecule is CCN(c1cc(OC)c(OC)cc1C(=O)Nc1c(Cl)cccc1Cl)S(C)(=O)=O. The van der Waals surface area contributed by atoms with Crippen molar-refractivity contribution < 1.29 is 22.7 Å². The monoisotopic (exact) mass is 446 g/mol. The molecule has 0 unspecified atom stereocenters. The Morgan fingerprint density at radius 2 is 1.64 bits per heavy atom. The second-order valence-corrected chi connectivity index (χ2v) is 8.42. The topological polar surface area (TPSA) is 84.9 Å². The second-order valence-electron chi connectivity index (χ2n) is 5.70. The van der Waals surface area contributed by atoms with E-state index in [-0.39, 0.29) is 45.0 Å². The van der Waals surface area contributed by atoms with Crippen molar-refractivity contribution in [3.63, 3.8) is 0 Å². The third-order valence-corrected chi connectivity index (χ3v) is 5.79. The molecule has 0 aliphatic rings. The molecule has 1 amide bonds. The molecule has 0 heterocycles. The van der Waals surface area contributed by atoms with Crippen molar-refractivity contribution in [1.29, 1.82) is 0 Å². The van der Waals surface area contributed by atoms with Crippen LogP contribution in [0.2, 0.25) is 10.0 Å². The Morgan fingerprint density at radius 1 is 1.11 bits per heavy atom. The minimum Gasteiger partial charge on any atom is -0.493 e. The number of carbonyl (C=O) groups excluding carboxylic acids is 1. The molecule has 0 spiro atoms. The number of hydrogen-bond acceptors (Lipinski definition) is 5. The molecule has 0 bridgehead atoms. The van der Waals surface area contributed by atoms with E-state index in [1.54, 1.807) is 25.1 Å². The summed E-state index contributed by atoms with van der Waals surface area (Å²) in [7, 11) is -0.820. The first-order valence-corrected chi connectivity index (χ1v) is 10.7. The van der Waals surface area contributed by atoms with Crippen molar-refractivity contribution in [3.05, 3.63) is 45.9 Å². The molecular formula is C18H20Cl2N2O5S. The smallest absolute Gasteiger partial charge is 0.258 e. The lowest BCUT2D eigenvalue weighted by molar-refractivity contribution is 0.102. The number of amides is 1. The first-order chi connectivity index (χ1) is 13.1. The molecule has 2 aromatic rings. The molecule has 0 aliphatic carbocycles. The van der Waals surface area contributed by atoms with Gasteiger partial charge in [-0.05, 0) is 25.1 Å². The Balaban J connectivity index is 2.65. The van der Waals surface area contributed by atoms with Gasteiger partial charge in [-0.3, -0.25) is 9.10 Å². The van der Waals surface area contributed by atoms with E-state index in [4.69, 9.17) is 32.7 Å². The van der Waals surface area contributed by atoms with Crippen molar-refractivity contribution in [2.24, 2.45) is 0 Å². The molecule has 1 N–H and O–H groups in total. The number of ether oxygens (including phenoxy) is 2. The van der Waals surface area contributed by atoms with Crippen molar-refractivity contribution in [2.45, 2.75) is 6.92 Å². The Labute approximate surface area is 174 Å². The standard InChI is InChI=1S/C18H20Cl2N2O5S/c1-5-22(28(4,24)25)14-10-16(27-3)15(26-2)9-11(14)18(23)21-17-12(19)7-6-8-13(17)20/h6-10H,5H2,1-4H3,(H,21,23). The molecule has 2 rings (SSSR count). The fourth-order valence-electron chi connectivity index (χ4n) is 2.64. The molecule has 0 radical (unpaired) electrons. The van der Waals surface area contributed by atoms with E-state index in [2.05, 4.69) is 5.32 Å². The van der Waals surface area contributed by atoms with Crippen molar-refractivity contribution >= 4 is 50.5 Å². The predicted octanol–water partition coefficient (Wildman–Crippen LogP) is 4.05. The van der Waals surface area contributed by atoms with Gasteiger partial charge in [-0.2, -0.15) is 0 Å². The highest BCUT2D eigenvalue weighted by Crippen LogP contribution is 2.37. The molecule has 0 atom stereocenters. The number of methoxy groups -OCH3 is 2. The summed E-state index contributed by atoms with van der Waals surface area (Å²) in [6.45, 7) is 1.77. The van der Waals surface area contributed by atoms with Gasteiger partial charge in [0.2, 0.25) is 10.0 Å². The number of rotatable bonds is 7. The lowest BCUT2D eigenvalue weighted by Crippen LogP contribution is -2.31. The maximum Gasteiger partial charge on any atom is 0.258 e. The molecule has 0 saturated carbocycles. The minimum absolute atomic E-state index is 0.0564. The number of nitrogens with one attached hydrogen (secondary N) is 1. The summed E-state index contributed by atoms with van der Waals surface area (Å²) in [5.41, 5.74) is 0.420. The summed E-state index contributed by atoms with van der Waals surface area (Å²) < 4.78 is 36.1. The van der Waals surface area contributed by atoms with E-state index < -0.39 is 15.9 Å². The lowest BCUT2D eigenvalue weighted by Gasteiger charge is -2.24. The van der Waals surface area contributed by atoms with Crippen LogP contribution in [0.1, 0.15) is 17.3 Å². The first-order valence-electron chi connectivity index (χ1n) is 8.13. The third kappa shape index (κ3) is 4.63. The van der Waals surface area contributed by atoms with Crippen LogP contribution in [0.15, 0.2) is 30.3 Å². The van der Waals surface area contributed by atoms with Crippen molar-refractivity contribution in [3.8, 4) is 11.5 Å². The quantitative estimate of drug-likeness (QED) is 0.693. The van der Waals surface area contributed by atoms with Crippen LogP contribution in [0.5, 0.6) is 11.5 Å². The molecular weight excluding hydrogens is 427 g/mol. The zero-order valence-corrected chi connectivity index (χ0v) is 18.1. The van der Waals surface area contributed by atoms with E-state index in [1.165, 1.54) is 26.4 Å². The number of carbonyl (C=O) groups is 1. The third-order valence-electron chi connectivity index (χ3n) is 3.90. The van der Waals surface area contributed by atoms with Crippen molar-refractivity contribution in [1.82, 2.24) is 0 Å². The maximum atomic E-state index is 13.0. The van der Waals surface area contributed by atoms with Gasteiger partial charge in [0.25, 0.3) is 5.91 Å². The van der Waals surface area contributed by atoms with Crippen LogP contribution in [0.4, 0.5) is 11.4 Å². The zero-order valence-electron chi connectivity index (χ0n) is 15.7. The number of sulfonamides is 1. The summed E-state index contributed by atoms with van der Waals surface area (Å²) >= 11 is 12.2. The first kappa shape index (κ1) is 22.1. The fourth-order valence-corrected chi connectivity index (χ4v) is 4.11. The summed E-state index contributed by atoms with van der Waals surface area (Å²) in [6.07, 6.45) is 1.06. The van der Waals surface area contributed by atoms with Gasteiger partial charge < -0.3 is 14.8 Å². The minimum atomic E-state index is -3.65. The van der Waals surface area contributed by atoms with Crippen LogP contribution in [-0.4, -0.2) is 41.3 Å². The van der Waals surface area contributed by atoms with Crippen LogP contribution < -0.4 is 19.1 Å². The van der Waals surface area contributed by atoms with Gasteiger partial charge in [0.1, 0.15) is 0 Å². The molecule has 2 aromatic carbocycles. The molecule has 152 valence electrons. The van der Waals surface area contributed by atoms with Gasteiger partial charge in [0.05, 0.1) is 47.5 Å². The highest BCUT2D eigenvalue weighted by atomic mass is 35.5. The van der Waals surface area contributed by atoms with Crippen LogP contribution in [-0.2, 0) is 10.0 Å². The van der Waals surface area contributed by atoms with Crippen LogP contribution in [0.3, 0.4) is 0 Å². The fraction of sp³-hybridized carbons (Fsp3) is 0.278. The average molecular weight is 447 g/mol. The summed E-state index contributed by atoms with van der Waals surface area (Å²) in [4.78, 5) is 13.0. The normalized spacial score (nSPS) is 11.1. The number of hydrogen-bond donors (Lipinski definition) is 1. The van der Waals surface area contributed by atoms with E-state index in [1.807, 2.05) is 0 Å². The van der Waals surface area contributed by atoms with Gasteiger partial charge in [-0.1, -0.05) is 29.3 Å². The van der Waals surface area contributed by atoms with E-state index >= 15 is 0 Å². The molecule has 0 saturated heterocycles. The van der Waals surface area contributed by atoms with Crippen molar-refractivity contribution in [2.75, 3.05) is 36.6 Å². The van der Waals surface area contributed by atoms with Crippen LogP contribution in [0, 0.1) is 0 Å². The Morgan fingerprint density at radius 3 is 2.11 bits per heavy atom. The molecule has 7 nitrogen and oxygen atoms in total. The molecule has 0 fully saturated rings.